The van der Waals surface area contributed by atoms with Gasteiger partial charge < -0.3 is 49.1 Å². The minimum absolute atomic E-state index is 0. The summed E-state index contributed by atoms with van der Waals surface area (Å²) < 4.78 is 28.2. The largest absolute Gasteiger partial charge is 1.00 e. The number of aliphatic carboxylic acids is 1. The number of carboxylic acids is 1. The van der Waals surface area contributed by atoms with Crippen LogP contribution < -0.4 is 40.0 Å². The van der Waals surface area contributed by atoms with E-state index >= 15 is 0 Å². The summed E-state index contributed by atoms with van der Waals surface area (Å²) in [6.45, 7) is 4.77. The van der Waals surface area contributed by atoms with E-state index in [9.17, 15) is 20.1 Å². The normalized spacial score (nSPS) is 39.1. The van der Waals surface area contributed by atoms with Gasteiger partial charge in [0.2, 0.25) is 0 Å². The Kier molecular flexibility index (Phi) is 14.5. The van der Waals surface area contributed by atoms with E-state index in [1.54, 1.807) is 21.1 Å². The molecule has 2 fully saturated rings. The number of hydrogen-bond donors (Lipinski definition) is 3. The molecule has 10 unspecified atom stereocenters. The van der Waals surface area contributed by atoms with E-state index in [1.165, 1.54) is 7.11 Å². The van der Waals surface area contributed by atoms with Crippen molar-refractivity contribution in [3.8, 4) is 0 Å². The van der Waals surface area contributed by atoms with Crippen LogP contribution in [0.2, 0.25) is 0 Å². The van der Waals surface area contributed by atoms with E-state index < -0.39 is 42.4 Å². The zero-order valence-corrected chi connectivity index (χ0v) is 22.8. The Labute approximate surface area is 218 Å². The molecular weight excluding hydrogens is 445 g/mol. The third-order valence-corrected chi connectivity index (χ3v) is 6.81. The molecule has 2 heterocycles. The van der Waals surface area contributed by atoms with Gasteiger partial charge in [-0.25, -0.2) is 0 Å². The molecule has 10 atom stereocenters. The standard InChI is InChI=1S/C22H41NO9.Na/c1-6-13-19(25)21(29-5)15(32-20(13)22(26)27)8-10-30-9-7-14-16(11-28-4)31-12(2)17(23-3)18(14)24;/h12-21,23-25H,6-11H2,1-5H3,(H,26,27);/q;+1/p-1. The smallest absolute Gasteiger partial charge is 0.547 e. The van der Waals surface area contributed by atoms with Crippen molar-refractivity contribution in [1.82, 2.24) is 5.32 Å². The second-order valence-corrected chi connectivity index (χ2v) is 8.67. The molecule has 33 heavy (non-hydrogen) atoms. The van der Waals surface area contributed by atoms with Crippen molar-refractivity contribution in [2.75, 3.05) is 41.1 Å². The van der Waals surface area contributed by atoms with Crippen molar-refractivity contribution in [2.45, 2.75) is 81.9 Å². The van der Waals surface area contributed by atoms with Crippen LogP contribution >= 0.6 is 0 Å². The molecule has 2 aliphatic heterocycles. The van der Waals surface area contributed by atoms with Gasteiger partial charge in [0.1, 0.15) is 12.2 Å². The number of carboxylic acid groups (broad SMARTS) is 1. The van der Waals surface area contributed by atoms with E-state index in [0.717, 1.165) is 0 Å². The number of methoxy groups -OCH3 is 2. The molecule has 0 aromatic rings. The molecule has 2 rings (SSSR count). The predicted octanol–water partition coefficient (Wildman–Crippen LogP) is -4.29. The van der Waals surface area contributed by atoms with Crippen LogP contribution in [0.4, 0.5) is 0 Å². The summed E-state index contributed by atoms with van der Waals surface area (Å²) in [5, 5.41) is 36.0. The first-order valence-electron chi connectivity index (χ1n) is 11.4. The first kappa shape index (κ1) is 31.2. The van der Waals surface area contributed by atoms with Crippen molar-refractivity contribution < 1.29 is 73.4 Å². The monoisotopic (exact) mass is 485 g/mol. The Morgan fingerprint density at radius 2 is 1.73 bits per heavy atom. The minimum Gasteiger partial charge on any atom is -0.547 e. The van der Waals surface area contributed by atoms with Crippen LogP contribution in [-0.2, 0) is 28.5 Å². The minimum atomic E-state index is -1.33. The maximum Gasteiger partial charge on any atom is 1.00 e. The molecular formula is C22H40NNaO9. The van der Waals surface area contributed by atoms with Gasteiger partial charge in [-0.2, -0.15) is 0 Å². The predicted molar refractivity (Wildman–Crippen MR) is 113 cm³/mol. The van der Waals surface area contributed by atoms with Crippen LogP contribution in [0.15, 0.2) is 0 Å². The van der Waals surface area contributed by atoms with Gasteiger partial charge in [0.15, 0.2) is 0 Å². The maximum atomic E-state index is 11.5. The molecule has 11 heteroatoms. The maximum absolute atomic E-state index is 11.5. The van der Waals surface area contributed by atoms with Crippen LogP contribution in [0.1, 0.15) is 33.1 Å². The Hall–Kier alpha value is 0.150. The molecule has 3 N–H and O–H groups in total. The number of carbonyl (C=O) groups is 1. The summed E-state index contributed by atoms with van der Waals surface area (Å²) in [7, 11) is 4.87. The quantitative estimate of drug-likeness (QED) is 0.184. The van der Waals surface area contributed by atoms with Gasteiger partial charge in [0, 0.05) is 39.3 Å². The molecule has 188 valence electrons. The first-order valence-corrected chi connectivity index (χ1v) is 11.4. The van der Waals surface area contributed by atoms with Crippen LogP contribution in [0.3, 0.4) is 0 Å². The molecule has 10 nitrogen and oxygen atoms in total. The number of carbonyl (C=O) groups excluding carboxylic acids is 1. The van der Waals surface area contributed by atoms with E-state index in [1.807, 2.05) is 6.92 Å². The van der Waals surface area contributed by atoms with Crippen molar-refractivity contribution in [3.63, 3.8) is 0 Å². The van der Waals surface area contributed by atoms with Crippen molar-refractivity contribution in [3.05, 3.63) is 0 Å². The van der Waals surface area contributed by atoms with Crippen LogP contribution in [0.25, 0.3) is 0 Å². The number of nitrogens with one attached hydrogen (secondary N) is 1. The molecule has 0 spiro atoms. The average molecular weight is 486 g/mol. The second kappa shape index (κ2) is 15.3. The SMILES string of the molecule is CCC1C(C(=O)[O-])OC(CCOCCC2C(COC)OC(C)C(NC)C2O)C(OC)C1O.[Na+]. The van der Waals surface area contributed by atoms with Crippen LogP contribution in [0.5, 0.6) is 0 Å². The fourth-order valence-corrected chi connectivity index (χ4v) is 5.05. The topological polar surface area (TPSA) is 139 Å². The van der Waals surface area contributed by atoms with E-state index in [4.69, 9.17) is 23.7 Å². The number of aliphatic hydroxyl groups is 2. The number of ether oxygens (including phenoxy) is 5. The molecule has 0 radical (unpaired) electrons. The van der Waals surface area contributed by atoms with Crippen LogP contribution in [0, 0.1) is 11.8 Å². The zero-order valence-electron chi connectivity index (χ0n) is 20.8. The second-order valence-electron chi connectivity index (χ2n) is 8.67. The summed E-state index contributed by atoms with van der Waals surface area (Å²) in [6, 6.07) is -0.180. The number of hydrogen-bond acceptors (Lipinski definition) is 10. The van der Waals surface area contributed by atoms with E-state index in [-0.39, 0.29) is 60.3 Å². The van der Waals surface area contributed by atoms with Gasteiger partial charge in [-0.3, -0.25) is 0 Å². The number of likely N-dealkylation sites (N-methyl/N-ethyl adjacent to an activating group) is 1. The molecule has 2 saturated heterocycles. The van der Waals surface area contributed by atoms with Gasteiger partial charge in [-0.1, -0.05) is 6.92 Å². The Morgan fingerprint density at radius 1 is 1.06 bits per heavy atom. The van der Waals surface area contributed by atoms with Gasteiger partial charge >= 0.3 is 29.6 Å². The fraction of sp³-hybridized carbons (Fsp3) is 0.955. The summed E-state index contributed by atoms with van der Waals surface area (Å²) in [6.07, 6.45) is -3.02. The van der Waals surface area contributed by atoms with Gasteiger partial charge in [0.25, 0.3) is 0 Å². The molecule has 0 saturated carbocycles. The van der Waals surface area contributed by atoms with Crippen LogP contribution in [-0.4, -0.2) is 106 Å². The zero-order chi connectivity index (χ0) is 23.8. The molecule has 2 aliphatic rings. The van der Waals surface area contributed by atoms with E-state index in [0.29, 0.717) is 32.5 Å². The van der Waals surface area contributed by atoms with Gasteiger partial charge in [0.05, 0.1) is 49.1 Å². The molecule has 0 amide bonds. The van der Waals surface area contributed by atoms with Gasteiger partial charge in [-0.05, 0) is 33.2 Å². The third-order valence-electron chi connectivity index (χ3n) is 6.81. The first-order chi connectivity index (χ1) is 15.3. The molecule has 0 aromatic heterocycles. The fourth-order valence-electron chi connectivity index (χ4n) is 5.05. The average Bonchev–Trinajstić information content (AvgIpc) is 2.75. The molecule has 0 aromatic carbocycles. The molecule has 0 bridgehead atoms. The van der Waals surface area contributed by atoms with E-state index in [2.05, 4.69) is 5.32 Å². The molecule has 0 aliphatic carbocycles. The summed E-state index contributed by atoms with van der Waals surface area (Å²) >= 11 is 0. The summed E-state index contributed by atoms with van der Waals surface area (Å²) in [5.41, 5.74) is 0. The number of aliphatic hydroxyl groups excluding tert-OH is 2. The summed E-state index contributed by atoms with van der Waals surface area (Å²) in [4.78, 5) is 11.5. The number of rotatable bonds is 12. The Balaban J connectivity index is 0.00000544. The van der Waals surface area contributed by atoms with Crippen molar-refractivity contribution in [2.24, 2.45) is 11.8 Å². The third kappa shape index (κ3) is 7.82. The van der Waals surface area contributed by atoms with Crippen molar-refractivity contribution in [1.29, 1.82) is 0 Å². The Bertz CT molecular complexity index is 570. The Morgan fingerprint density at radius 3 is 2.27 bits per heavy atom. The van der Waals surface area contributed by atoms with Gasteiger partial charge in [-0.15, -0.1) is 0 Å². The summed E-state index contributed by atoms with van der Waals surface area (Å²) in [5.74, 6) is -2.08. The van der Waals surface area contributed by atoms with Crippen molar-refractivity contribution >= 4 is 5.97 Å².